The molecule has 1 saturated heterocycles. The highest BCUT2D eigenvalue weighted by atomic mass is 32.1. The normalized spacial score (nSPS) is 21.2. The molecule has 3 rings (SSSR count). The van der Waals surface area contributed by atoms with Crippen LogP contribution in [0.2, 0.25) is 0 Å². The average molecular weight is 345 g/mol. The standard InChI is InChI=1S/C18H23N3O2S/c1-4-21-17(23)14-6-5-13(8-15(14)19-18(21)24)16(22)20-9-11(2)7-12(3)10-20/h5-6,8,11-12H,4,7,9-10H2,1-3H3,(H,19,24)/t11-,12-/m0/s1. The van der Waals surface area contributed by atoms with Crippen LogP contribution in [0.15, 0.2) is 23.0 Å². The van der Waals surface area contributed by atoms with Crippen molar-refractivity contribution in [3.8, 4) is 0 Å². The van der Waals surface area contributed by atoms with E-state index in [-0.39, 0.29) is 11.5 Å². The van der Waals surface area contributed by atoms with Gasteiger partial charge in [-0.2, -0.15) is 0 Å². The molecule has 0 saturated carbocycles. The highest BCUT2D eigenvalue weighted by Crippen LogP contribution is 2.23. The van der Waals surface area contributed by atoms with Crippen LogP contribution in [0.3, 0.4) is 0 Å². The lowest BCUT2D eigenvalue weighted by Gasteiger charge is -2.35. The molecule has 24 heavy (non-hydrogen) atoms. The van der Waals surface area contributed by atoms with E-state index < -0.39 is 0 Å². The molecule has 1 aromatic carbocycles. The van der Waals surface area contributed by atoms with Crippen LogP contribution in [0, 0.1) is 16.6 Å². The second kappa shape index (κ2) is 6.51. The number of nitrogens with one attached hydrogen (secondary N) is 1. The van der Waals surface area contributed by atoms with Crippen molar-refractivity contribution in [3.63, 3.8) is 0 Å². The molecule has 0 aliphatic carbocycles. The number of amides is 1. The van der Waals surface area contributed by atoms with Gasteiger partial charge < -0.3 is 9.88 Å². The summed E-state index contributed by atoms with van der Waals surface area (Å²) >= 11 is 5.24. The maximum Gasteiger partial charge on any atom is 0.262 e. The van der Waals surface area contributed by atoms with Gasteiger partial charge in [0, 0.05) is 25.2 Å². The molecule has 0 radical (unpaired) electrons. The molecule has 128 valence electrons. The Morgan fingerprint density at radius 1 is 1.29 bits per heavy atom. The molecule has 1 aliphatic heterocycles. The summed E-state index contributed by atoms with van der Waals surface area (Å²) in [5, 5.41) is 0.558. The van der Waals surface area contributed by atoms with Crippen LogP contribution in [-0.2, 0) is 6.54 Å². The fraction of sp³-hybridized carbons (Fsp3) is 0.500. The summed E-state index contributed by atoms with van der Waals surface area (Å²) in [6, 6.07) is 5.21. The Hall–Kier alpha value is -1.95. The zero-order valence-corrected chi connectivity index (χ0v) is 15.2. The predicted octanol–water partition coefficient (Wildman–Crippen LogP) is 3.20. The molecular formula is C18H23N3O2S. The van der Waals surface area contributed by atoms with Gasteiger partial charge in [0.25, 0.3) is 11.5 Å². The Kier molecular flexibility index (Phi) is 4.58. The number of hydrogen-bond acceptors (Lipinski definition) is 3. The molecule has 1 aromatic heterocycles. The number of carbonyl (C=O) groups excluding carboxylic acids is 1. The van der Waals surface area contributed by atoms with Gasteiger partial charge in [0.2, 0.25) is 0 Å². The average Bonchev–Trinajstić information content (AvgIpc) is 2.53. The van der Waals surface area contributed by atoms with E-state index in [1.807, 2.05) is 11.8 Å². The second-order valence-electron chi connectivity index (χ2n) is 6.90. The van der Waals surface area contributed by atoms with Gasteiger partial charge in [-0.3, -0.25) is 14.2 Å². The molecule has 2 atom stereocenters. The first kappa shape index (κ1) is 16.9. The lowest BCUT2D eigenvalue weighted by molar-refractivity contribution is 0.0623. The molecule has 6 heteroatoms. The van der Waals surface area contributed by atoms with E-state index in [0.29, 0.717) is 39.6 Å². The third-order valence-electron chi connectivity index (χ3n) is 4.70. The van der Waals surface area contributed by atoms with Gasteiger partial charge in [-0.05, 0) is 55.6 Å². The minimum absolute atomic E-state index is 0.0225. The highest BCUT2D eigenvalue weighted by molar-refractivity contribution is 7.71. The molecule has 0 spiro atoms. The van der Waals surface area contributed by atoms with Gasteiger partial charge in [-0.15, -0.1) is 0 Å². The van der Waals surface area contributed by atoms with Crippen LogP contribution in [0.4, 0.5) is 0 Å². The number of rotatable bonds is 2. The fourth-order valence-electron chi connectivity index (χ4n) is 3.69. The van der Waals surface area contributed by atoms with E-state index in [4.69, 9.17) is 12.2 Å². The van der Waals surface area contributed by atoms with Crippen LogP contribution >= 0.6 is 12.2 Å². The first-order valence-corrected chi connectivity index (χ1v) is 8.87. The van der Waals surface area contributed by atoms with E-state index >= 15 is 0 Å². The zero-order valence-electron chi connectivity index (χ0n) is 14.3. The van der Waals surface area contributed by atoms with Crippen molar-refractivity contribution in [3.05, 3.63) is 38.9 Å². The van der Waals surface area contributed by atoms with Crippen molar-refractivity contribution in [1.82, 2.24) is 14.5 Å². The largest absolute Gasteiger partial charge is 0.338 e. The summed E-state index contributed by atoms with van der Waals surface area (Å²) < 4.78 is 1.91. The molecule has 0 unspecified atom stereocenters. The maximum atomic E-state index is 12.8. The zero-order chi connectivity index (χ0) is 17.4. The Labute approximate surface area is 146 Å². The van der Waals surface area contributed by atoms with Gasteiger partial charge in [0.15, 0.2) is 4.77 Å². The van der Waals surface area contributed by atoms with Crippen LogP contribution in [0.5, 0.6) is 0 Å². The van der Waals surface area contributed by atoms with Crippen molar-refractivity contribution in [2.45, 2.75) is 33.7 Å². The molecule has 1 fully saturated rings. The third-order valence-corrected chi connectivity index (χ3v) is 5.02. The lowest BCUT2D eigenvalue weighted by atomic mass is 9.91. The lowest BCUT2D eigenvalue weighted by Crippen LogP contribution is -2.42. The summed E-state index contributed by atoms with van der Waals surface area (Å²) in [6.45, 7) is 8.34. The maximum absolute atomic E-state index is 12.8. The topological polar surface area (TPSA) is 58.1 Å². The van der Waals surface area contributed by atoms with Gasteiger partial charge in [-0.1, -0.05) is 13.8 Å². The molecule has 2 heterocycles. The molecule has 1 aliphatic rings. The number of aromatic amines is 1. The summed E-state index contributed by atoms with van der Waals surface area (Å²) in [4.78, 5) is 30.3. The van der Waals surface area contributed by atoms with E-state index in [2.05, 4.69) is 18.8 Å². The first-order valence-electron chi connectivity index (χ1n) is 8.46. The number of benzene rings is 1. The number of piperidine rings is 1. The van der Waals surface area contributed by atoms with E-state index in [9.17, 15) is 9.59 Å². The smallest absolute Gasteiger partial charge is 0.262 e. The Bertz CT molecular complexity index is 889. The van der Waals surface area contributed by atoms with Crippen LogP contribution in [0.25, 0.3) is 10.9 Å². The molecule has 1 amide bonds. The van der Waals surface area contributed by atoms with E-state index in [0.717, 1.165) is 19.5 Å². The number of H-pyrrole nitrogens is 1. The van der Waals surface area contributed by atoms with Gasteiger partial charge >= 0.3 is 0 Å². The van der Waals surface area contributed by atoms with Gasteiger partial charge in [0.05, 0.1) is 10.9 Å². The molecule has 0 bridgehead atoms. The predicted molar refractivity (Wildman–Crippen MR) is 97.9 cm³/mol. The van der Waals surface area contributed by atoms with Crippen molar-refractivity contribution >= 4 is 29.0 Å². The fourth-order valence-corrected chi connectivity index (χ4v) is 4.01. The second-order valence-corrected chi connectivity index (χ2v) is 7.28. The van der Waals surface area contributed by atoms with Crippen molar-refractivity contribution in [2.75, 3.05) is 13.1 Å². The number of hydrogen-bond donors (Lipinski definition) is 1. The first-order chi connectivity index (χ1) is 11.4. The summed E-state index contributed by atoms with van der Waals surface area (Å²) in [7, 11) is 0. The Morgan fingerprint density at radius 3 is 2.58 bits per heavy atom. The van der Waals surface area contributed by atoms with E-state index in [1.54, 1.807) is 18.2 Å². The third kappa shape index (κ3) is 3.02. The highest BCUT2D eigenvalue weighted by Gasteiger charge is 2.26. The van der Waals surface area contributed by atoms with Crippen LogP contribution < -0.4 is 5.56 Å². The van der Waals surface area contributed by atoms with Gasteiger partial charge in [-0.25, -0.2) is 0 Å². The number of nitrogens with zero attached hydrogens (tertiary/aromatic N) is 2. The number of fused-ring (bicyclic) bond motifs is 1. The number of likely N-dealkylation sites (tertiary alicyclic amines) is 1. The number of carbonyl (C=O) groups is 1. The number of aromatic nitrogens is 2. The van der Waals surface area contributed by atoms with Crippen LogP contribution in [-0.4, -0.2) is 33.4 Å². The van der Waals surface area contributed by atoms with Gasteiger partial charge in [0.1, 0.15) is 0 Å². The molecule has 1 N–H and O–H groups in total. The SMILES string of the molecule is CCn1c(=S)[nH]c2cc(C(=O)N3C[C@@H](C)C[C@H](C)C3)ccc2c1=O. The van der Waals surface area contributed by atoms with Crippen LogP contribution in [0.1, 0.15) is 37.6 Å². The minimum Gasteiger partial charge on any atom is -0.338 e. The monoisotopic (exact) mass is 345 g/mol. The summed E-state index contributed by atoms with van der Waals surface area (Å²) in [5.74, 6) is 1.05. The summed E-state index contributed by atoms with van der Waals surface area (Å²) in [5.41, 5.74) is 1.11. The summed E-state index contributed by atoms with van der Waals surface area (Å²) in [6.07, 6.45) is 1.16. The quantitative estimate of drug-likeness (QED) is 0.851. The van der Waals surface area contributed by atoms with E-state index in [1.165, 1.54) is 4.57 Å². The Morgan fingerprint density at radius 2 is 1.96 bits per heavy atom. The Balaban J connectivity index is 2.00. The minimum atomic E-state index is -0.115. The molecular weight excluding hydrogens is 322 g/mol. The van der Waals surface area contributed by atoms with Crippen molar-refractivity contribution in [1.29, 1.82) is 0 Å². The molecule has 2 aromatic rings. The van der Waals surface area contributed by atoms with Crippen molar-refractivity contribution in [2.24, 2.45) is 11.8 Å². The van der Waals surface area contributed by atoms with Crippen molar-refractivity contribution < 1.29 is 4.79 Å². The molecule has 5 nitrogen and oxygen atoms in total.